The summed E-state index contributed by atoms with van der Waals surface area (Å²) in [6, 6.07) is 19.6. The number of ether oxygens (including phenoxy) is 1. The Labute approximate surface area is 193 Å². The largest absolute Gasteiger partial charge is 0.478 e. The predicted octanol–water partition coefficient (Wildman–Crippen LogP) is 5.62. The molecule has 0 amide bonds. The maximum Gasteiger partial charge on any atom is 0.335 e. The van der Waals surface area contributed by atoms with E-state index in [1.54, 1.807) is 42.7 Å². The lowest BCUT2D eigenvalue weighted by Crippen LogP contribution is -1.99. The number of nitrogens with zero attached hydrogens (tertiary/aromatic N) is 3. The normalized spacial score (nSPS) is 10.9. The molecule has 2 N–H and O–H groups in total. The van der Waals surface area contributed by atoms with Gasteiger partial charge in [0.2, 0.25) is 5.88 Å². The number of pyridine rings is 2. The average Bonchev–Trinajstić information content (AvgIpc) is 3.27. The quantitative estimate of drug-likeness (QED) is 0.344. The Morgan fingerprint density at radius 2 is 1.73 bits per heavy atom. The molecule has 0 aliphatic carbocycles. The van der Waals surface area contributed by atoms with Crippen LogP contribution in [0.3, 0.4) is 0 Å². The lowest BCUT2D eigenvalue weighted by atomic mass is 10.1. The fourth-order valence-corrected chi connectivity index (χ4v) is 3.50. The number of H-pyrrole nitrogens is 1. The number of imidazole rings is 1. The lowest BCUT2D eigenvalue weighted by Gasteiger charge is -2.07. The van der Waals surface area contributed by atoms with Gasteiger partial charge in [-0.3, -0.25) is 4.98 Å². The van der Waals surface area contributed by atoms with E-state index in [2.05, 4.69) is 19.9 Å². The maximum atomic E-state index is 10.9. The number of aromatic nitrogens is 4. The van der Waals surface area contributed by atoms with E-state index in [4.69, 9.17) is 21.4 Å². The minimum atomic E-state index is -0.955. The Balaban J connectivity index is 1.26. The third kappa shape index (κ3) is 4.53. The number of aromatic carboxylic acids is 1. The van der Waals surface area contributed by atoms with E-state index in [-0.39, 0.29) is 5.56 Å². The topological polar surface area (TPSA) is 101 Å². The molecule has 33 heavy (non-hydrogen) atoms. The molecule has 2 aromatic carbocycles. The second kappa shape index (κ2) is 8.72. The molecule has 5 rings (SSSR count). The Morgan fingerprint density at radius 3 is 2.42 bits per heavy atom. The van der Waals surface area contributed by atoms with E-state index in [0.29, 0.717) is 17.5 Å². The van der Waals surface area contributed by atoms with Gasteiger partial charge in [-0.25, -0.2) is 14.8 Å². The molecule has 0 aliphatic rings. The number of hydrogen-bond acceptors (Lipinski definition) is 5. The van der Waals surface area contributed by atoms with Crippen LogP contribution in [0.25, 0.3) is 33.7 Å². The molecule has 0 atom stereocenters. The zero-order valence-electron chi connectivity index (χ0n) is 17.2. The van der Waals surface area contributed by atoms with Gasteiger partial charge in [-0.15, -0.1) is 0 Å². The number of rotatable bonds is 6. The molecule has 0 spiro atoms. The summed E-state index contributed by atoms with van der Waals surface area (Å²) in [6.07, 6.45) is 3.47. The highest BCUT2D eigenvalue weighted by molar-refractivity contribution is 6.31. The smallest absolute Gasteiger partial charge is 0.335 e. The molecule has 0 saturated heterocycles. The number of carboxylic acid groups (broad SMARTS) is 1. The maximum absolute atomic E-state index is 10.9. The van der Waals surface area contributed by atoms with Crippen LogP contribution in [0.2, 0.25) is 5.02 Å². The summed E-state index contributed by atoms with van der Waals surface area (Å²) < 4.78 is 5.70. The first-order valence-corrected chi connectivity index (χ1v) is 10.5. The standard InChI is InChI=1S/C25H17ClN4O3/c26-19-7-9-21-22(11-19)30-24(29-21)18-5-8-20(27-13-18)17-6-10-23(28-12-17)33-14-15-1-3-16(4-2-15)25(31)32/h1-13H,14H2,(H,29,30)(H,31,32). The Morgan fingerprint density at radius 1 is 0.939 bits per heavy atom. The van der Waals surface area contributed by atoms with Crippen molar-refractivity contribution in [3.63, 3.8) is 0 Å². The third-order valence-corrected chi connectivity index (χ3v) is 5.34. The van der Waals surface area contributed by atoms with Gasteiger partial charge in [0.25, 0.3) is 0 Å². The summed E-state index contributed by atoms with van der Waals surface area (Å²) >= 11 is 6.04. The molecule has 0 radical (unpaired) electrons. The second-order valence-electron chi connectivity index (χ2n) is 7.35. The number of halogens is 1. The van der Waals surface area contributed by atoms with Crippen LogP contribution >= 0.6 is 11.6 Å². The first kappa shape index (κ1) is 20.7. The van der Waals surface area contributed by atoms with Crippen LogP contribution in [0.4, 0.5) is 0 Å². The van der Waals surface area contributed by atoms with Crippen LogP contribution < -0.4 is 4.74 Å². The van der Waals surface area contributed by atoms with Gasteiger partial charge in [0.05, 0.1) is 22.3 Å². The Kier molecular flexibility index (Phi) is 5.46. The molecule has 8 heteroatoms. The molecule has 0 unspecified atom stereocenters. The number of fused-ring (bicyclic) bond motifs is 1. The molecular weight excluding hydrogens is 440 g/mol. The lowest BCUT2D eigenvalue weighted by molar-refractivity contribution is 0.0697. The number of hydrogen-bond donors (Lipinski definition) is 2. The molecule has 162 valence electrons. The van der Waals surface area contributed by atoms with Gasteiger partial charge in [-0.1, -0.05) is 23.7 Å². The van der Waals surface area contributed by atoms with Gasteiger partial charge in [-0.05, 0) is 54.1 Å². The zero-order valence-corrected chi connectivity index (χ0v) is 18.0. The molecule has 0 saturated carbocycles. The molecule has 0 bridgehead atoms. The number of nitrogens with one attached hydrogen (secondary N) is 1. The van der Waals surface area contributed by atoms with Crippen molar-refractivity contribution in [1.82, 2.24) is 19.9 Å². The molecule has 3 aromatic heterocycles. The molecular formula is C25H17ClN4O3. The van der Waals surface area contributed by atoms with Crippen LogP contribution in [-0.4, -0.2) is 31.0 Å². The summed E-state index contributed by atoms with van der Waals surface area (Å²) in [5.74, 6) is 0.243. The first-order chi connectivity index (χ1) is 16.0. The Hall–Kier alpha value is -4.23. The number of aromatic amines is 1. The second-order valence-corrected chi connectivity index (χ2v) is 7.79. The van der Waals surface area contributed by atoms with Gasteiger partial charge in [-0.2, -0.15) is 0 Å². The van der Waals surface area contributed by atoms with E-state index in [9.17, 15) is 4.79 Å². The minimum Gasteiger partial charge on any atom is -0.478 e. The fraction of sp³-hybridized carbons (Fsp3) is 0.0400. The van der Waals surface area contributed by atoms with Gasteiger partial charge in [0.1, 0.15) is 12.4 Å². The van der Waals surface area contributed by atoms with Crippen molar-refractivity contribution >= 4 is 28.6 Å². The molecule has 3 heterocycles. The van der Waals surface area contributed by atoms with E-state index < -0.39 is 5.97 Å². The number of carboxylic acids is 1. The van der Waals surface area contributed by atoms with Crippen LogP contribution in [0, 0.1) is 0 Å². The first-order valence-electron chi connectivity index (χ1n) is 10.1. The van der Waals surface area contributed by atoms with Crippen molar-refractivity contribution in [2.24, 2.45) is 0 Å². The Bertz CT molecular complexity index is 1430. The van der Waals surface area contributed by atoms with Crippen LogP contribution in [0.15, 0.2) is 79.1 Å². The summed E-state index contributed by atoms with van der Waals surface area (Å²) in [7, 11) is 0. The number of benzene rings is 2. The molecule has 0 aliphatic heterocycles. The van der Waals surface area contributed by atoms with Crippen LogP contribution in [-0.2, 0) is 6.61 Å². The van der Waals surface area contributed by atoms with Gasteiger partial charge in [0, 0.05) is 34.6 Å². The zero-order chi connectivity index (χ0) is 22.8. The highest BCUT2D eigenvalue weighted by Crippen LogP contribution is 2.25. The molecule has 5 aromatic rings. The van der Waals surface area contributed by atoms with Gasteiger partial charge < -0.3 is 14.8 Å². The number of carbonyl (C=O) groups is 1. The minimum absolute atomic E-state index is 0.240. The fourth-order valence-electron chi connectivity index (χ4n) is 3.34. The van der Waals surface area contributed by atoms with E-state index >= 15 is 0 Å². The average molecular weight is 457 g/mol. The van der Waals surface area contributed by atoms with Gasteiger partial charge in [0.15, 0.2) is 0 Å². The van der Waals surface area contributed by atoms with Crippen molar-refractivity contribution in [3.05, 3.63) is 95.3 Å². The van der Waals surface area contributed by atoms with E-state index in [1.165, 1.54) is 0 Å². The van der Waals surface area contributed by atoms with E-state index in [0.717, 1.165) is 39.2 Å². The summed E-state index contributed by atoms with van der Waals surface area (Å²) in [5, 5.41) is 9.60. The van der Waals surface area contributed by atoms with Crippen molar-refractivity contribution in [2.45, 2.75) is 6.61 Å². The summed E-state index contributed by atoms with van der Waals surface area (Å²) in [5.41, 5.74) is 5.32. The molecule has 0 fully saturated rings. The highest BCUT2D eigenvalue weighted by Gasteiger charge is 2.08. The summed E-state index contributed by atoms with van der Waals surface area (Å²) in [6.45, 7) is 0.294. The molecule has 7 nitrogen and oxygen atoms in total. The van der Waals surface area contributed by atoms with Crippen molar-refractivity contribution in [1.29, 1.82) is 0 Å². The predicted molar refractivity (Wildman–Crippen MR) is 125 cm³/mol. The third-order valence-electron chi connectivity index (χ3n) is 5.10. The monoisotopic (exact) mass is 456 g/mol. The van der Waals surface area contributed by atoms with Crippen LogP contribution in [0.1, 0.15) is 15.9 Å². The summed E-state index contributed by atoms with van der Waals surface area (Å²) in [4.78, 5) is 27.7. The van der Waals surface area contributed by atoms with Crippen molar-refractivity contribution in [2.75, 3.05) is 0 Å². The van der Waals surface area contributed by atoms with Gasteiger partial charge >= 0.3 is 5.97 Å². The van der Waals surface area contributed by atoms with E-state index in [1.807, 2.05) is 36.4 Å². The highest BCUT2D eigenvalue weighted by atomic mass is 35.5. The van der Waals surface area contributed by atoms with Crippen LogP contribution in [0.5, 0.6) is 5.88 Å². The van der Waals surface area contributed by atoms with Crippen molar-refractivity contribution in [3.8, 4) is 28.5 Å². The van der Waals surface area contributed by atoms with Crippen molar-refractivity contribution < 1.29 is 14.6 Å². The SMILES string of the molecule is O=C(O)c1ccc(COc2ccc(-c3ccc(-c4nc5cc(Cl)ccc5[nH]4)cn3)cn2)cc1.